The summed E-state index contributed by atoms with van der Waals surface area (Å²) in [4.78, 5) is 8.94. The molecule has 2 heterocycles. The fourth-order valence-corrected chi connectivity index (χ4v) is 2.62. The molecule has 1 fully saturated rings. The highest BCUT2D eigenvalue weighted by Crippen LogP contribution is 2.19. The van der Waals surface area contributed by atoms with E-state index in [-0.39, 0.29) is 0 Å². The Kier molecular flexibility index (Phi) is 6.42. The van der Waals surface area contributed by atoms with Crippen LogP contribution < -0.4 is 4.74 Å². The predicted molar refractivity (Wildman–Crippen MR) is 83.6 cm³/mol. The lowest BCUT2D eigenvalue weighted by molar-refractivity contribution is 0.0679. The monoisotopic (exact) mass is 293 g/mol. The van der Waals surface area contributed by atoms with E-state index in [4.69, 9.17) is 9.47 Å². The average Bonchev–Trinajstić information content (AvgIpc) is 2.98. The van der Waals surface area contributed by atoms with Crippen LogP contribution in [0, 0.1) is 0 Å². The van der Waals surface area contributed by atoms with Gasteiger partial charge in [0.2, 0.25) is 5.88 Å². The molecule has 0 radical (unpaired) electrons. The minimum Gasteiger partial charge on any atom is -0.481 e. The number of hydrogen-bond acceptors (Lipinski definition) is 5. The van der Waals surface area contributed by atoms with Gasteiger partial charge in [-0.1, -0.05) is 6.07 Å². The number of pyridine rings is 1. The molecule has 1 aliphatic rings. The van der Waals surface area contributed by atoms with E-state index >= 15 is 0 Å². The second kappa shape index (κ2) is 8.32. The molecule has 118 valence electrons. The van der Waals surface area contributed by atoms with Crippen LogP contribution in [0.2, 0.25) is 0 Å². The molecule has 1 aromatic heterocycles. The number of ether oxygens (including phenoxy) is 2. The van der Waals surface area contributed by atoms with Gasteiger partial charge >= 0.3 is 0 Å². The quantitative estimate of drug-likeness (QED) is 0.728. The molecule has 1 unspecified atom stereocenters. The van der Waals surface area contributed by atoms with Crippen molar-refractivity contribution in [3.05, 3.63) is 23.9 Å². The zero-order valence-electron chi connectivity index (χ0n) is 13.4. The first kappa shape index (κ1) is 16.2. The summed E-state index contributed by atoms with van der Waals surface area (Å²) >= 11 is 0. The molecule has 2 rings (SSSR count). The van der Waals surface area contributed by atoms with Gasteiger partial charge < -0.3 is 14.4 Å². The Bertz CT molecular complexity index is 420. The van der Waals surface area contributed by atoms with Crippen molar-refractivity contribution in [2.45, 2.75) is 25.5 Å². The van der Waals surface area contributed by atoms with Crippen molar-refractivity contribution in [2.75, 3.05) is 47.4 Å². The van der Waals surface area contributed by atoms with E-state index in [0.29, 0.717) is 6.10 Å². The topological polar surface area (TPSA) is 37.8 Å². The van der Waals surface area contributed by atoms with E-state index in [2.05, 4.69) is 34.9 Å². The second-order valence-electron chi connectivity index (χ2n) is 5.85. The third-order valence-corrected chi connectivity index (χ3v) is 3.79. The van der Waals surface area contributed by atoms with Gasteiger partial charge in [-0.3, -0.25) is 4.90 Å². The Labute approximate surface area is 127 Å². The highest BCUT2D eigenvalue weighted by Gasteiger charge is 2.20. The molecular weight excluding hydrogens is 266 g/mol. The van der Waals surface area contributed by atoms with E-state index in [9.17, 15) is 0 Å². The predicted octanol–water partition coefficient (Wildman–Crippen LogP) is 1.63. The van der Waals surface area contributed by atoms with Crippen LogP contribution in [0.15, 0.2) is 18.3 Å². The summed E-state index contributed by atoms with van der Waals surface area (Å²) in [6, 6.07) is 4.05. The lowest BCUT2D eigenvalue weighted by Crippen LogP contribution is -2.36. The van der Waals surface area contributed by atoms with Gasteiger partial charge in [-0.05, 0) is 33.0 Å². The molecule has 0 aromatic carbocycles. The highest BCUT2D eigenvalue weighted by molar-refractivity contribution is 5.25. The van der Waals surface area contributed by atoms with E-state index in [1.54, 1.807) is 13.3 Å². The molecule has 1 atom stereocenters. The summed E-state index contributed by atoms with van der Waals surface area (Å²) < 4.78 is 11.1. The van der Waals surface area contributed by atoms with E-state index in [0.717, 1.165) is 44.2 Å². The Hall–Kier alpha value is -1.17. The van der Waals surface area contributed by atoms with Gasteiger partial charge in [0.15, 0.2) is 0 Å². The van der Waals surface area contributed by atoms with Crippen LogP contribution in [0.25, 0.3) is 0 Å². The Morgan fingerprint density at radius 3 is 2.90 bits per heavy atom. The van der Waals surface area contributed by atoms with Crippen LogP contribution in [0.1, 0.15) is 18.4 Å². The van der Waals surface area contributed by atoms with E-state index in [1.165, 1.54) is 12.8 Å². The molecule has 0 N–H and O–H groups in total. The second-order valence-corrected chi connectivity index (χ2v) is 5.85. The molecule has 0 spiro atoms. The Morgan fingerprint density at radius 2 is 2.24 bits per heavy atom. The summed E-state index contributed by atoms with van der Waals surface area (Å²) in [7, 11) is 5.89. The summed E-state index contributed by atoms with van der Waals surface area (Å²) in [6.45, 7) is 4.79. The average molecular weight is 293 g/mol. The molecule has 1 saturated heterocycles. The first-order valence-electron chi connectivity index (χ1n) is 7.65. The van der Waals surface area contributed by atoms with Gasteiger partial charge in [0.25, 0.3) is 0 Å². The molecule has 0 bridgehead atoms. The largest absolute Gasteiger partial charge is 0.481 e. The van der Waals surface area contributed by atoms with Crippen molar-refractivity contribution in [1.29, 1.82) is 0 Å². The van der Waals surface area contributed by atoms with Gasteiger partial charge in [-0.25, -0.2) is 4.98 Å². The van der Waals surface area contributed by atoms with Crippen molar-refractivity contribution in [3.8, 4) is 5.88 Å². The van der Waals surface area contributed by atoms with Gasteiger partial charge in [0.05, 0.1) is 13.2 Å². The van der Waals surface area contributed by atoms with Crippen molar-refractivity contribution in [2.24, 2.45) is 0 Å². The molecule has 1 aliphatic heterocycles. The summed E-state index contributed by atoms with van der Waals surface area (Å²) in [5.74, 6) is 0.722. The van der Waals surface area contributed by atoms with Crippen molar-refractivity contribution < 1.29 is 9.47 Å². The summed E-state index contributed by atoms with van der Waals surface area (Å²) in [5.41, 5.74) is 1.14. The lowest BCUT2D eigenvalue weighted by atomic mass is 10.2. The maximum atomic E-state index is 5.78. The first-order chi connectivity index (χ1) is 10.2. The molecule has 0 aliphatic carbocycles. The molecule has 0 saturated carbocycles. The zero-order chi connectivity index (χ0) is 15.1. The first-order valence-corrected chi connectivity index (χ1v) is 7.65. The van der Waals surface area contributed by atoms with Crippen molar-refractivity contribution in [3.63, 3.8) is 0 Å². The van der Waals surface area contributed by atoms with Crippen LogP contribution in [0.5, 0.6) is 5.88 Å². The van der Waals surface area contributed by atoms with E-state index < -0.39 is 0 Å². The third-order valence-electron chi connectivity index (χ3n) is 3.79. The number of likely N-dealkylation sites (N-methyl/N-ethyl adjacent to an activating group) is 1. The van der Waals surface area contributed by atoms with Gasteiger partial charge in [-0.15, -0.1) is 0 Å². The Balaban J connectivity index is 1.99. The zero-order valence-corrected chi connectivity index (χ0v) is 13.4. The molecule has 5 heteroatoms. The standard InChI is InChI=1S/C16H27N3O2/c1-18(2)9-10-19(13-15-7-5-11-21-15)12-14-6-4-8-17-16(14)20-3/h4,6,8,15H,5,7,9-13H2,1-3H3. The normalized spacial score (nSPS) is 18.6. The molecule has 0 amide bonds. The minimum absolute atomic E-state index is 0.370. The number of methoxy groups -OCH3 is 1. The van der Waals surface area contributed by atoms with E-state index in [1.807, 2.05) is 6.07 Å². The summed E-state index contributed by atoms with van der Waals surface area (Å²) in [5, 5.41) is 0. The van der Waals surface area contributed by atoms with Crippen LogP contribution >= 0.6 is 0 Å². The fourth-order valence-electron chi connectivity index (χ4n) is 2.62. The molecule has 1 aromatic rings. The van der Waals surface area contributed by atoms with Gasteiger partial charge in [-0.2, -0.15) is 0 Å². The maximum Gasteiger partial charge on any atom is 0.217 e. The molecule has 5 nitrogen and oxygen atoms in total. The van der Waals surface area contributed by atoms with Gasteiger partial charge in [0.1, 0.15) is 0 Å². The smallest absolute Gasteiger partial charge is 0.217 e. The highest BCUT2D eigenvalue weighted by atomic mass is 16.5. The SMILES string of the molecule is COc1ncccc1CN(CCN(C)C)CC1CCCO1. The van der Waals surface area contributed by atoms with Crippen molar-refractivity contribution in [1.82, 2.24) is 14.8 Å². The number of hydrogen-bond donors (Lipinski definition) is 0. The fraction of sp³-hybridized carbons (Fsp3) is 0.688. The van der Waals surface area contributed by atoms with Gasteiger partial charge in [0, 0.05) is 44.5 Å². The molecular formula is C16H27N3O2. The number of aromatic nitrogens is 1. The third kappa shape index (κ3) is 5.26. The summed E-state index contributed by atoms with van der Waals surface area (Å²) in [6.07, 6.45) is 4.49. The maximum absolute atomic E-state index is 5.78. The minimum atomic E-state index is 0.370. The van der Waals surface area contributed by atoms with Crippen LogP contribution in [0.4, 0.5) is 0 Å². The van der Waals surface area contributed by atoms with Crippen LogP contribution in [-0.4, -0.2) is 68.3 Å². The van der Waals surface area contributed by atoms with Crippen molar-refractivity contribution >= 4 is 0 Å². The van der Waals surface area contributed by atoms with Crippen LogP contribution in [0.3, 0.4) is 0 Å². The number of rotatable bonds is 8. The van der Waals surface area contributed by atoms with Crippen LogP contribution in [-0.2, 0) is 11.3 Å². The Morgan fingerprint density at radius 1 is 1.38 bits per heavy atom. The molecule has 21 heavy (non-hydrogen) atoms. The lowest BCUT2D eigenvalue weighted by Gasteiger charge is -2.27. The number of nitrogens with zero attached hydrogens (tertiary/aromatic N) is 3.